The minimum absolute atomic E-state index is 0.00562. The largest absolute Gasteiger partial charge is 0.352 e. The van der Waals surface area contributed by atoms with Gasteiger partial charge in [-0.05, 0) is 49.9 Å². The molecule has 0 bridgehead atoms. The number of carbonyl (C=O) groups excluding carboxylic acids is 2. The van der Waals surface area contributed by atoms with Gasteiger partial charge >= 0.3 is 0 Å². The van der Waals surface area contributed by atoms with Crippen LogP contribution in [-0.2, 0) is 32.6 Å². The molecule has 1 aliphatic rings. The molecule has 1 N–H and O–H groups in total. The monoisotopic (exact) mass is 593 g/mol. The summed E-state index contributed by atoms with van der Waals surface area (Å²) in [5.74, 6) is -1.04. The van der Waals surface area contributed by atoms with E-state index in [2.05, 4.69) is 5.32 Å². The molecule has 224 valence electrons. The number of nitrogens with zero attached hydrogens (tertiary/aromatic N) is 2. The van der Waals surface area contributed by atoms with Gasteiger partial charge in [-0.2, -0.15) is 0 Å². The molecule has 0 heterocycles. The molecule has 0 saturated heterocycles. The van der Waals surface area contributed by atoms with Crippen molar-refractivity contribution in [2.75, 3.05) is 17.1 Å². The van der Waals surface area contributed by atoms with E-state index >= 15 is 0 Å². The number of sulfonamides is 1. The standard InChI is InChI=1S/C33H40FN3O4S/c1-25-18-20-29(21-19-25)37(42(2,40)41)22-10-17-32(38)36(24-27-13-6-9-16-30(27)34)31(23-26-11-4-3-5-12-26)33(39)35-28-14-7-8-15-28/h3-6,9,11-13,16,18-21,28,31H,7-8,10,14-15,17,22-24H2,1-2H3,(H,35,39). The molecule has 2 amide bonds. The van der Waals surface area contributed by atoms with Gasteiger partial charge in [0.1, 0.15) is 11.9 Å². The topological polar surface area (TPSA) is 86.8 Å². The van der Waals surface area contributed by atoms with Gasteiger partial charge < -0.3 is 10.2 Å². The molecule has 4 rings (SSSR count). The van der Waals surface area contributed by atoms with E-state index in [9.17, 15) is 22.4 Å². The van der Waals surface area contributed by atoms with Crippen molar-refractivity contribution in [3.05, 3.63) is 101 Å². The molecule has 9 heteroatoms. The first kappa shape index (κ1) is 31.2. The highest BCUT2D eigenvalue weighted by molar-refractivity contribution is 7.92. The van der Waals surface area contributed by atoms with Crippen LogP contribution in [0.3, 0.4) is 0 Å². The third-order valence-electron chi connectivity index (χ3n) is 7.75. The van der Waals surface area contributed by atoms with Crippen molar-refractivity contribution < 1.29 is 22.4 Å². The van der Waals surface area contributed by atoms with E-state index < -0.39 is 21.9 Å². The van der Waals surface area contributed by atoms with Crippen LogP contribution in [0, 0.1) is 12.7 Å². The average Bonchev–Trinajstić information content (AvgIpc) is 3.47. The summed E-state index contributed by atoms with van der Waals surface area (Å²) in [5, 5.41) is 3.14. The fourth-order valence-corrected chi connectivity index (χ4v) is 6.41. The molecule has 42 heavy (non-hydrogen) atoms. The summed E-state index contributed by atoms with van der Waals surface area (Å²) in [7, 11) is -3.59. The predicted octanol–water partition coefficient (Wildman–Crippen LogP) is 5.38. The average molecular weight is 594 g/mol. The van der Waals surface area contributed by atoms with Gasteiger partial charge in [-0.15, -0.1) is 0 Å². The summed E-state index contributed by atoms with van der Waals surface area (Å²) in [6, 6.07) is 22.1. The molecule has 0 spiro atoms. The Morgan fingerprint density at radius 1 is 0.952 bits per heavy atom. The van der Waals surface area contributed by atoms with E-state index in [1.165, 1.54) is 15.3 Å². The third kappa shape index (κ3) is 8.64. The lowest BCUT2D eigenvalue weighted by Crippen LogP contribution is -2.52. The minimum atomic E-state index is -3.59. The number of hydrogen-bond donors (Lipinski definition) is 1. The van der Waals surface area contributed by atoms with E-state index in [1.54, 1.807) is 30.3 Å². The third-order valence-corrected chi connectivity index (χ3v) is 8.94. The molecular weight excluding hydrogens is 553 g/mol. The fourth-order valence-electron chi connectivity index (χ4n) is 5.45. The van der Waals surface area contributed by atoms with Gasteiger partial charge in [0.05, 0.1) is 11.9 Å². The van der Waals surface area contributed by atoms with E-state index in [-0.39, 0.29) is 50.2 Å². The van der Waals surface area contributed by atoms with Crippen LogP contribution in [0.1, 0.15) is 55.2 Å². The van der Waals surface area contributed by atoms with E-state index in [0.29, 0.717) is 11.3 Å². The SMILES string of the molecule is Cc1ccc(N(CCCC(=O)N(Cc2ccccc2F)C(Cc2ccccc2)C(=O)NC2CCCC2)S(C)(=O)=O)cc1. The first-order valence-corrected chi connectivity index (χ1v) is 16.4. The van der Waals surface area contributed by atoms with E-state index in [4.69, 9.17) is 0 Å². The molecule has 1 aliphatic carbocycles. The lowest BCUT2D eigenvalue weighted by atomic mass is 10.0. The molecule has 1 saturated carbocycles. The Morgan fingerprint density at radius 3 is 2.24 bits per heavy atom. The number of amides is 2. The lowest BCUT2D eigenvalue weighted by Gasteiger charge is -2.33. The second-order valence-corrected chi connectivity index (χ2v) is 13.0. The molecule has 0 aromatic heterocycles. The van der Waals surface area contributed by atoms with Crippen LogP contribution in [0.4, 0.5) is 10.1 Å². The first-order chi connectivity index (χ1) is 20.1. The van der Waals surface area contributed by atoms with Crippen LogP contribution in [0.25, 0.3) is 0 Å². The minimum Gasteiger partial charge on any atom is -0.352 e. The molecule has 0 radical (unpaired) electrons. The molecule has 0 aliphatic heterocycles. The summed E-state index contributed by atoms with van der Waals surface area (Å²) in [4.78, 5) is 29.1. The van der Waals surface area contributed by atoms with Gasteiger partial charge in [-0.25, -0.2) is 12.8 Å². The second-order valence-electron chi connectivity index (χ2n) is 11.1. The number of halogens is 1. The lowest BCUT2D eigenvalue weighted by molar-refractivity contribution is -0.141. The highest BCUT2D eigenvalue weighted by atomic mass is 32.2. The predicted molar refractivity (Wildman–Crippen MR) is 164 cm³/mol. The maximum atomic E-state index is 14.8. The van der Waals surface area contributed by atoms with Gasteiger partial charge in [0.15, 0.2) is 0 Å². The summed E-state index contributed by atoms with van der Waals surface area (Å²) >= 11 is 0. The van der Waals surface area contributed by atoms with Crippen molar-refractivity contribution in [2.45, 2.75) is 70.5 Å². The number of hydrogen-bond acceptors (Lipinski definition) is 4. The quantitative estimate of drug-likeness (QED) is 0.288. The van der Waals surface area contributed by atoms with Gasteiger partial charge in [0, 0.05) is 37.5 Å². The number of benzene rings is 3. The van der Waals surface area contributed by atoms with Gasteiger partial charge in [0.25, 0.3) is 0 Å². The maximum absolute atomic E-state index is 14.8. The van der Waals surface area contributed by atoms with Crippen molar-refractivity contribution >= 4 is 27.5 Å². The van der Waals surface area contributed by atoms with Crippen molar-refractivity contribution in [3.8, 4) is 0 Å². The zero-order chi connectivity index (χ0) is 30.1. The molecule has 1 fully saturated rings. The Kier molecular flexibility index (Phi) is 10.7. The molecule has 7 nitrogen and oxygen atoms in total. The molecule has 3 aromatic carbocycles. The number of carbonyl (C=O) groups is 2. The summed E-state index contributed by atoms with van der Waals surface area (Å²) in [5.41, 5.74) is 2.73. The number of aryl methyl sites for hydroxylation is 1. The molecule has 3 aromatic rings. The van der Waals surface area contributed by atoms with Crippen LogP contribution in [0.5, 0.6) is 0 Å². The summed E-state index contributed by atoms with van der Waals surface area (Å²) in [6.45, 7) is 1.94. The molecule has 1 unspecified atom stereocenters. The van der Waals surface area contributed by atoms with Crippen molar-refractivity contribution in [1.82, 2.24) is 10.2 Å². The Morgan fingerprint density at radius 2 is 1.60 bits per heavy atom. The van der Waals surface area contributed by atoms with Crippen LogP contribution < -0.4 is 9.62 Å². The Balaban J connectivity index is 1.59. The Hall–Kier alpha value is -3.72. The smallest absolute Gasteiger partial charge is 0.243 e. The van der Waals surface area contributed by atoms with E-state index in [1.807, 2.05) is 49.4 Å². The normalized spacial score (nSPS) is 14.4. The van der Waals surface area contributed by atoms with Crippen LogP contribution in [-0.4, -0.2) is 50.0 Å². The van der Waals surface area contributed by atoms with Gasteiger partial charge in [-0.3, -0.25) is 13.9 Å². The number of anilines is 1. The Labute approximate surface area is 248 Å². The van der Waals surface area contributed by atoms with Crippen LogP contribution >= 0.6 is 0 Å². The second kappa shape index (κ2) is 14.4. The van der Waals surface area contributed by atoms with Gasteiger partial charge in [-0.1, -0.05) is 79.1 Å². The van der Waals surface area contributed by atoms with Crippen molar-refractivity contribution in [3.63, 3.8) is 0 Å². The van der Waals surface area contributed by atoms with Crippen molar-refractivity contribution in [2.24, 2.45) is 0 Å². The Bertz CT molecular complexity index is 1440. The fraction of sp³-hybridized carbons (Fsp3) is 0.394. The van der Waals surface area contributed by atoms with Crippen molar-refractivity contribution in [1.29, 1.82) is 0 Å². The summed E-state index contributed by atoms with van der Waals surface area (Å²) < 4.78 is 41.3. The number of nitrogens with one attached hydrogen (secondary N) is 1. The number of rotatable bonds is 13. The zero-order valence-electron chi connectivity index (χ0n) is 24.3. The van der Waals surface area contributed by atoms with Crippen LogP contribution in [0.15, 0.2) is 78.9 Å². The van der Waals surface area contributed by atoms with Crippen LogP contribution in [0.2, 0.25) is 0 Å². The highest BCUT2D eigenvalue weighted by Crippen LogP contribution is 2.23. The maximum Gasteiger partial charge on any atom is 0.243 e. The van der Waals surface area contributed by atoms with Gasteiger partial charge in [0.2, 0.25) is 21.8 Å². The highest BCUT2D eigenvalue weighted by Gasteiger charge is 2.32. The van der Waals surface area contributed by atoms with E-state index in [0.717, 1.165) is 43.1 Å². The molecular formula is C33H40FN3O4S. The summed E-state index contributed by atoms with van der Waals surface area (Å²) in [6.07, 6.45) is 5.52. The zero-order valence-corrected chi connectivity index (χ0v) is 25.2. The first-order valence-electron chi connectivity index (χ1n) is 14.5. The molecule has 1 atom stereocenters.